The molecule has 0 radical (unpaired) electrons. The van der Waals surface area contributed by atoms with Crippen LogP contribution >= 0.6 is 0 Å². The second-order valence-corrected chi connectivity index (χ2v) is 7.90. The van der Waals surface area contributed by atoms with Gasteiger partial charge in [-0.1, -0.05) is 0 Å². The summed E-state index contributed by atoms with van der Waals surface area (Å²) >= 11 is 0. The van der Waals surface area contributed by atoms with E-state index in [0.717, 1.165) is 31.4 Å². The number of alkyl halides is 3. The molecule has 2 aromatic rings. The molecule has 0 aliphatic carbocycles. The molecule has 152 valence electrons. The topological polar surface area (TPSA) is 93.9 Å². The number of fused-ring (bicyclic) bond motifs is 1. The Labute approximate surface area is 157 Å². The molecule has 0 bridgehead atoms. The fourth-order valence-electron chi connectivity index (χ4n) is 3.15. The molecule has 28 heavy (non-hydrogen) atoms. The van der Waals surface area contributed by atoms with Crippen molar-refractivity contribution in [1.29, 1.82) is 0 Å². The molecule has 1 aromatic heterocycles. The van der Waals surface area contributed by atoms with Gasteiger partial charge in [0.15, 0.2) is 5.78 Å². The summed E-state index contributed by atoms with van der Waals surface area (Å²) in [5, 5.41) is 0.309. The number of ketones is 1. The van der Waals surface area contributed by atoms with Crippen molar-refractivity contribution in [2.45, 2.75) is 31.7 Å². The normalized spacial score (nSPS) is 15.6. The Hall–Kier alpha value is -2.56. The number of piperidine rings is 1. The van der Waals surface area contributed by atoms with Gasteiger partial charge in [-0.15, -0.1) is 0 Å². The van der Waals surface area contributed by atoms with Crippen molar-refractivity contribution in [3.05, 3.63) is 34.2 Å². The number of carbonyl (C=O) groups excluding carboxylic acids is 1. The first-order valence-corrected chi connectivity index (χ1v) is 9.79. The number of benzene rings is 1. The van der Waals surface area contributed by atoms with Crippen molar-refractivity contribution in [2.24, 2.45) is 0 Å². The predicted octanol–water partition coefficient (Wildman–Crippen LogP) is 3.21. The highest BCUT2D eigenvalue weighted by atomic mass is 32.2. The van der Waals surface area contributed by atoms with Crippen LogP contribution in [0.1, 0.15) is 36.5 Å². The van der Waals surface area contributed by atoms with E-state index in [4.69, 9.17) is 4.42 Å². The molecule has 11 heteroatoms. The quantitative estimate of drug-likeness (QED) is 0.325. The maximum atomic E-state index is 12.5. The van der Waals surface area contributed by atoms with Crippen LogP contribution in [0, 0.1) is 0 Å². The van der Waals surface area contributed by atoms with E-state index in [1.165, 1.54) is 13.0 Å². The van der Waals surface area contributed by atoms with Crippen molar-refractivity contribution >= 4 is 32.6 Å². The van der Waals surface area contributed by atoms with E-state index in [2.05, 4.69) is 4.18 Å². The minimum absolute atomic E-state index is 0.147. The molecule has 2 heterocycles. The van der Waals surface area contributed by atoms with Gasteiger partial charge < -0.3 is 13.5 Å². The second-order valence-electron chi connectivity index (χ2n) is 6.36. The van der Waals surface area contributed by atoms with E-state index < -0.39 is 32.8 Å². The maximum absolute atomic E-state index is 12.5. The molecule has 7 nitrogen and oxygen atoms in total. The first-order chi connectivity index (χ1) is 13.0. The Morgan fingerprint density at radius 2 is 1.82 bits per heavy atom. The summed E-state index contributed by atoms with van der Waals surface area (Å²) in [7, 11) is -5.87. The lowest BCUT2D eigenvalue weighted by molar-refractivity contribution is -0.0500. The SMILES string of the molecule is CC(=O)c1c(N2CCCCC2)c2ccc(OS(=O)(=O)C(F)(F)F)cc2oc1=O. The van der Waals surface area contributed by atoms with Gasteiger partial charge in [-0.2, -0.15) is 21.6 Å². The van der Waals surface area contributed by atoms with Crippen LogP contribution in [0.2, 0.25) is 0 Å². The summed E-state index contributed by atoms with van der Waals surface area (Å²) < 4.78 is 69.1. The molecule has 3 rings (SSSR count). The van der Waals surface area contributed by atoms with Gasteiger partial charge in [0.05, 0.1) is 5.69 Å². The van der Waals surface area contributed by atoms with Crippen LogP contribution in [-0.2, 0) is 10.1 Å². The molecule has 1 saturated heterocycles. The van der Waals surface area contributed by atoms with Crippen LogP contribution in [0.4, 0.5) is 18.9 Å². The Morgan fingerprint density at radius 1 is 1.18 bits per heavy atom. The van der Waals surface area contributed by atoms with Crippen LogP contribution in [0.3, 0.4) is 0 Å². The molecular formula is C17H16F3NO6S. The third-order valence-electron chi connectivity index (χ3n) is 4.37. The molecule has 0 unspecified atom stereocenters. The molecule has 1 aliphatic rings. The summed E-state index contributed by atoms with van der Waals surface area (Å²) in [4.78, 5) is 26.2. The number of Topliss-reactive ketones (excluding diaryl/α,β-unsaturated/α-hetero) is 1. The van der Waals surface area contributed by atoms with Crippen molar-refractivity contribution in [1.82, 2.24) is 0 Å². The minimum atomic E-state index is -5.87. The largest absolute Gasteiger partial charge is 0.534 e. The van der Waals surface area contributed by atoms with E-state index >= 15 is 0 Å². The number of hydrogen-bond donors (Lipinski definition) is 0. The molecular weight excluding hydrogens is 403 g/mol. The molecule has 1 aliphatic heterocycles. The molecule has 0 N–H and O–H groups in total. The van der Waals surface area contributed by atoms with Gasteiger partial charge in [0.2, 0.25) is 0 Å². The van der Waals surface area contributed by atoms with E-state index in [-0.39, 0.29) is 11.1 Å². The van der Waals surface area contributed by atoms with Gasteiger partial charge in [0.25, 0.3) is 0 Å². The summed E-state index contributed by atoms with van der Waals surface area (Å²) in [6.07, 6.45) is 2.70. The fraction of sp³-hybridized carbons (Fsp3) is 0.412. The van der Waals surface area contributed by atoms with E-state index in [9.17, 15) is 31.2 Å². The first-order valence-electron chi connectivity index (χ1n) is 8.39. The van der Waals surface area contributed by atoms with Gasteiger partial charge in [0, 0.05) is 24.5 Å². The van der Waals surface area contributed by atoms with E-state index in [0.29, 0.717) is 24.2 Å². The van der Waals surface area contributed by atoms with Crippen molar-refractivity contribution < 1.29 is 35.0 Å². The standard InChI is InChI=1S/C17H16F3NO6S/c1-10(22)14-15(21-7-3-2-4-8-21)12-6-5-11(9-13(12)26-16(14)23)27-28(24,25)17(18,19)20/h5-6,9H,2-4,7-8H2,1H3. The first kappa shape index (κ1) is 20.2. The number of anilines is 1. The van der Waals surface area contributed by atoms with Gasteiger partial charge in [-0.3, -0.25) is 4.79 Å². The number of hydrogen-bond acceptors (Lipinski definition) is 7. The monoisotopic (exact) mass is 419 g/mol. The molecule has 1 aromatic carbocycles. The summed E-state index contributed by atoms with van der Waals surface area (Å²) in [6.45, 7) is 2.41. The Bertz CT molecular complexity index is 1080. The lowest BCUT2D eigenvalue weighted by Gasteiger charge is -2.30. The predicted molar refractivity (Wildman–Crippen MR) is 94.2 cm³/mol. The van der Waals surface area contributed by atoms with E-state index in [1.54, 1.807) is 0 Å². The van der Waals surface area contributed by atoms with Crippen LogP contribution in [0.15, 0.2) is 27.4 Å². The fourth-order valence-corrected chi connectivity index (χ4v) is 3.60. The number of nitrogens with zero attached hydrogens (tertiary/aromatic N) is 1. The second kappa shape index (κ2) is 7.12. The van der Waals surface area contributed by atoms with Gasteiger partial charge >= 0.3 is 21.3 Å². The molecule has 0 saturated carbocycles. The average Bonchev–Trinajstić information content (AvgIpc) is 2.59. The summed E-state index contributed by atoms with van der Waals surface area (Å²) in [5.41, 5.74) is -6.53. The highest BCUT2D eigenvalue weighted by molar-refractivity contribution is 7.88. The zero-order valence-corrected chi connectivity index (χ0v) is 15.5. The summed E-state index contributed by atoms with van der Waals surface area (Å²) in [6, 6.07) is 3.18. The lowest BCUT2D eigenvalue weighted by Crippen LogP contribution is -2.32. The molecule has 0 atom stereocenters. The van der Waals surface area contributed by atoms with Crippen LogP contribution < -0.4 is 14.7 Å². The lowest BCUT2D eigenvalue weighted by atomic mass is 10.0. The summed E-state index contributed by atoms with van der Waals surface area (Å²) in [5.74, 6) is -1.16. The molecule has 0 amide bonds. The smallest absolute Gasteiger partial charge is 0.422 e. The van der Waals surface area contributed by atoms with Crippen LogP contribution in [0.25, 0.3) is 11.0 Å². The Balaban J connectivity index is 2.17. The van der Waals surface area contributed by atoms with E-state index in [1.807, 2.05) is 4.90 Å². The van der Waals surface area contributed by atoms with Crippen LogP contribution in [-0.4, -0.2) is 32.8 Å². The zero-order chi connectivity index (χ0) is 20.7. The maximum Gasteiger partial charge on any atom is 0.534 e. The zero-order valence-electron chi connectivity index (χ0n) is 14.7. The van der Waals surface area contributed by atoms with Crippen LogP contribution in [0.5, 0.6) is 5.75 Å². The van der Waals surface area contributed by atoms with Crippen molar-refractivity contribution in [3.8, 4) is 5.75 Å². The Morgan fingerprint density at radius 3 is 2.39 bits per heavy atom. The van der Waals surface area contributed by atoms with Gasteiger partial charge in [-0.25, -0.2) is 4.79 Å². The van der Waals surface area contributed by atoms with Gasteiger partial charge in [0.1, 0.15) is 16.9 Å². The highest BCUT2D eigenvalue weighted by Crippen LogP contribution is 2.34. The number of rotatable bonds is 4. The minimum Gasteiger partial charge on any atom is -0.422 e. The molecule has 0 spiro atoms. The third kappa shape index (κ3) is 3.71. The van der Waals surface area contributed by atoms with Gasteiger partial charge in [-0.05, 0) is 38.3 Å². The highest BCUT2D eigenvalue weighted by Gasteiger charge is 2.48. The van der Waals surface area contributed by atoms with Crippen molar-refractivity contribution in [3.63, 3.8) is 0 Å². The van der Waals surface area contributed by atoms with Crippen molar-refractivity contribution in [2.75, 3.05) is 18.0 Å². The number of carbonyl (C=O) groups is 1. The number of halogens is 3. The average molecular weight is 419 g/mol. The molecule has 1 fully saturated rings. The Kier molecular flexibility index (Phi) is 5.13. The third-order valence-corrected chi connectivity index (χ3v) is 5.34.